The maximum atomic E-state index is 5.89. The number of pyridine rings is 1. The Labute approximate surface area is 111 Å². The van der Waals surface area contributed by atoms with Gasteiger partial charge in [0.25, 0.3) is 0 Å². The van der Waals surface area contributed by atoms with E-state index >= 15 is 0 Å². The van der Waals surface area contributed by atoms with Crippen LogP contribution in [0.1, 0.15) is 51.2 Å². The first kappa shape index (κ1) is 15.0. The van der Waals surface area contributed by atoms with Gasteiger partial charge in [-0.05, 0) is 38.3 Å². The maximum absolute atomic E-state index is 5.89. The summed E-state index contributed by atoms with van der Waals surface area (Å²) >= 11 is 0. The van der Waals surface area contributed by atoms with Gasteiger partial charge in [-0.1, -0.05) is 20.3 Å². The number of aromatic nitrogens is 1. The van der Waals surface area contributed by atoms with Crippen LogP contribution < -0.4 is 10.6 Å². The lowest BCUT2D eigenvalue weighted by molar-refractivity contribution is 0.587. The second kappa shape index (κ2) is 7.37. The lowest BCUT2D eigenvalue weighted by Crippen LogP contribution is -2.35. The average Bonchev–Trinajstić information content (AvgIpc) is 2.39. The predicted octanol–water partition coefficient (Wildman–Crippen LogP) is 3.25. The van der Waals surface area contributed by atoms with Gasteiger partial charge in [0.2, 0.25) is 0 Å². The van der Waals surface area contributed by atoms with Crippen molar-refractivity contribution >= 4 is 5.82 Å². The van der Waals surface area contributed by atoms with Gasteiger partial charge in [-0.25, -0.2) is 4.98 Å². The molecule has 2 N–H and O–H groups in total. The molecular weight excluding hydrogens is 222 g/mol. The zero-order valence-electron chi connectivity index (χ0n) is 12.2. The summed E-state index contributed by atoms with van der Waals surface area (Å²) < 4.78 is 0. The Bertz CT molecular complexity index is 363. The molecule has 0 bridgehead atoms. The fourth-order valence-corrected chi connectivity index (χ4v) is 2.16. The highest BCUT2D eigenvalue weighted by atomic mass is 15.2. The number of rotatable bonds is 7. The number of aryl methyl sites for hydroxylation is 1. The quantitative estimate of drug-likeness (QED) is 0.806. The van der Waals surface area contributed by atoms with Crippen LogP contribution in [-0.4, -0.2) is 17.6 Å². The lowest BCUT2D eigenvalue weighted by atomic mass is 10.1. The monoisotopic (exact) mass is 249 g/mol. The number of anilines is 1. The van der Waals surface area contributed by atoms with E-state index in [4.69, 9.17) is 5.73 Å². The van der Waals surface area contributed by atoms with Crippen LogP contribution in [0.4, 0.5) is 5.82 Å². The topological polar surface area (TPSA) is 42.2 Å². The molecule has 3 heteroatoms. The number of hydrogen-bond donors (Lipinski definition) is 1. The molecule has 0 saturated carbocycles. The molecule has 1 aromatic rings. The molecule has 1 aromatic heterocycles. The third kappa shape index (κ3) is 3.45. The average molecular weight is 249 g/mol. The Balaban J connectivity index is 3.07. The number of nitrogens with two attached hydrogens (primary N) is 1. The first-order valence-corrected chi connectivity index (χ1v) is 7.06. The van der Waals surface area contributed by atoms with E-state index in [9.17, 15) is 0 Å². The molecule has 0 spiro atoms. The second-order valence-corrected chi connectivity index (χ2v) is 4.94. The summed E-state index contributed by atoms with van der Waals surface area (Å²) in [4.78, 5) is 6.99. The van der Waals surface area contributed by atoms with Crippen molar-refractivity contribution in [1.82, 2.24) is 4.98 Å². The molecule has 1 unspecified atom stereocenters. The van der Waals surface area contributed by atoms with Crippen LogP contribution in [0.3, 0.4) is 0 Å². The molecular formula is C15H27N3. The Kier molecular flexibility index (Phi) is 6.13. The van der Waals surface area contributed by atoms with Crippen molar-refractivity contribution in [3.8, 4) is 0 Å². The molecule has 0 amide bonds. The van der Waals surface area contributed by atoms with Crippen molar-refractivity contribution in [1.29, 1.82) is 0 Å². The van der Waals surface area contributed by atoms with Gasteiger partial charge in [0.05, 0.1) is 0 Å². The second-order valence-electron chi connectivity index (χ2n) is 4.94. The minimum atomic E-state index is 0.510. The van der Waals surface area contributed by atoms with Gasteiger partial charge < -0.3 is 10.6 Å². The summed E-state index contributed by atoms with van der Waals surface area (Å²) in [6.45, 7) is 10.5. The third-order valence-corrected chi connectivity index (χ3v) is 3.62. The van der Waals surface area contributed by atoms with Gasteiger partial charge in [0.1, 0.15) is 5.82 Å². The molecule has 0 saturated heterocycles. The summed E-state index contributed by atoms with van der Waals surface area (Å²) in [6, 6.07) is 2.55. The molecule has 1 rings (SSSR count). The molecule has 18 heavy (non-hydrogen) atoms. The van der Waals surface area contributed by atoms with Crippen molar-refractivity contribution in [2.75, 3.05) is 11.4 Å². The highest BCUT2D eigenvalue weighted by molar-refractivity contribution is 5.51. The van der Waals surface area contributed by atoms with Gasteiger partial charge in [-0.2, -0.15) is 0 Å². The molecule has 102 valence electrons. The van der Waals surface area contributed by atoms with Gasteiger partial charge in [-0.15, -0.1) is 0 Å². The minimum Gasteiger partial charge on any atom is -0.354 e. The molecule has 0 aliphatic heterocycles. The number of hydrogen-bond acceptors (Lipinski definition) is 3. The van der Waals surface area contributed by atoms with Crippen molar-refractivity contribution < 1.29 is 0 Å². The highest BCUT2D eigenvalue weighted by Gasteiger charge is 2.17. The van der Waals surface area contributed by atoms with Gasteiger partial charge in [0.15, 0.2) is 0 Å². The molecule has 1 atom stereocenters. The fraction of sp³-hybridized carbons (Fsp3) is 0.667. The zero-order valence-corrected chi connectivity index (χ0v) is 12.2. The van der Waals surface area contributed by atoms with Crippen LogP contribution >= 0.6 is 0 Å². The van der Waals surface area contributed by atoms with Gasteiger partial charge in [-0.3, -0.25) is 0 Å². The highest BCUT2D eigenvalue weighted by Crippen LogP contribution is 2.23. The lowest BCUT2D eigenvalue weighted by Gasteiger charge is -2.31. The summed E-state index contributed by atoms with van der Waals surface area (Å²) in [7, 11) is 0. The molecule has 0 aliphatic rings. The first-order chi connectivity index (χ1) is 8.65. The molecule has 0 aliphatic carbocycles. The Morgan fingerprint density at radius 2 is 2.11 bits per heavy atom. The number of unbranched alkanes of at least 4 members (excludes halogenated alkanes) is 1. The molecule has 0 radical (unpaired) electrons. The van der Waals surface area contributed by atoms with Crippen molar-refractivity contribution in [2.24, 2.45) is 5.73 Å². The van der Waals surface area contributed by atoms with Crippen molar-refractivity contribution in [3.63, 3.8) is 0 Å². The fourth-order valence-electron chi connectivity index (χ4n) is 2.16. The maximum Gasteiger partial charge on any atom is 0.133 e. The first-order valence-electron chi connectivity index (χ1n) is 7.06. The normalized spacial score (nSPS) is 12.5. The van der Waals surface area contributed by atoms with E-state index in [1.165, 1.54) is 24.0 Å². The van der Waals surface area contributed by atoms with Crippen LogP contribution in [0.15, 0.2) is 12.3 Å². The summed E-state index contributed by atoms with van der Waals surface area (Å²) in [6.07, 6.45) is 5.43. The summed E-state index contributed by atoms with van der Waals surface area (Å²) in [5.41, 5.74) is 8.32. The van der Waals surface area contributed by atoms with E-state index in [0.717, 1.165) is 18.8 Å². The van der Waals surface area contributed by atoms with E-state index in [2.05, 4.69) is 37.6 Å². The predicted molar refractivity (Wildman–Crippen MR) is 78.9 cm³/mol. The van der Waals surface area contributed by atoms with Gasteiger partial charge >= 0.3 is 0 Å². The summed E-state index contributed by atoms with van der Waals surface area (Å²) in [5.74, 6) is 1.08. The van der Waals surface area contributed by atoms with Crippen molar-refractivity contribution in [3.05, 3.63) is 23.4 Å². The van der Waals surface area contributed by atoms with Crippen LogP contribution in [0.2, 0.25) is 0 Å². The van der Waals surface area contributed by atoms with Crippen LogP contribution in [-0.2, 0) is 6.54 Å². The SMILES string of the molecule is CCCCN(c1nccc(C)c1CN)C(C)CC. The zero-order chi connectivity index (χ0) is 13.5. The van der Waals surface area contributed by atoms with Crippen LogP contribution in [0.25, 0.3) is 0 Å². The van der Waals surface area contributed by atoms with E-state index in [1.807, 2.05) is 12.3 Å². The minimum absolute atomic E-state index is 0.510. The summed E-state index contributed by atoms with van der Waals surface area (Å²) in [5, 5.41) is 0. The van der Waals surface area contributed by atoms with E-state index in [1.54, 1.807) is 0 Å². The van der Waals surface area contributed by atoms with E-state index < -0.39 is 0 Å². The van der Waals surface area contributed by atoms with E-state index in [-0.39, 0.29) is 0 Å². The van der Waals surface area contributed by atoms with Gasteiger partial charge in [0, 0.05) is 30.9 Å². The Hall–Kier alpha value is -1.09. The smallest absolute Gasteiger partial charge is 0.133 e. The standard InChI is InChI=1S/C15H27N3/c1-5-7-10-18(13(4)6-2)15-14(11-16)12(3)8-9-17-15/h8-9,13H,5-7,10-11,16H2,1-4H3. The third-order valence-electron chi connectivity index (χ3n) is 3.62. The Morgan fingerprint density at radius 1 is 1.39 bits per heavy atom. The van der Waals surface area contributed by atoms with Crippen LogP contribution in [0, 0.1) is 6.92 Å². The molecule has 0 fully saturated rings. The van der Waals surface area contributed by atoms with Crippen LogP contribution in [0.5, 0.6) is 0 Å². The molecule has 0 aromatic carbocycles. The van der Waals surface area contributed by atoms with Crippen molar-refractivity contribution in [2.45, 2.75) is 59.5 Å². The molecule has 1 heterocycles. The molecule has 3 nitrogen and oxygen atoms in total. The number of nitrogens with zero attached hydrogens (tertiary/aromatic N) is 2. The largest absolute Gasteiger partial charge is 0.354 e. The van der Waals surface area contributed by atoms with E-state index in [0.29, 0.717) is 12.6 Å². The Morgan fingerprint density at radius 3 is 2.67 bits per heavy atom.